The Morgan fingerprint density at radius 3 is 2.85 bits per heavy atom. The number of nitrogens with one attached hydrogen (secondary N) is 2. The molecule has 20 heavy (non-hydrogen) atoms. The van der Waals surface area contributed by atoms with Crippen LogP contribution in [0.25, 0.3) is 0 Å². The molecule has 3 rings (SSSR count). The molecule has 7 nitrogen and oxygen atoms in total. The van der Waals surface area contributed by atoms with Crippen molar-refractivity contribution >= 4 is 17.8 Å². The molecule has 2 heterocycles. The molecule has 7 heteroatoms. The topological polar surface area (TPSA) is 91.4 Å². The molecule has 1 aromatic heterocycles. The summed E-state index contributed by atoms with van der Waals surface area (Å²) >= 11 is 0. The number of fused-ring (bicyclic) bond motifs is 1. The van der Waals surface area contributed by atoms with Crippen LogP contribution in [0.4, 0.5) is 4.79 Å². The Hall–Kier alpha value is -2.44. The first-order chi connectivity index (χ1) is 9.66. The third kappa shape index (κ3) is 2.34. The fraction of sp³-hybridized carbons (Fsp3) is 0.385. The maximum atomic E-state index is 12.0. The first-order valence-electron chi connectivity index (χ1n) is 6.52. The van der Waals surface area contributed by atoms with Crippen LogP contribution in [0.5, 0.6) is 0 Å². The normalized spacial score (nSPS) is 17.1. The highest BCUT2D eigenvalue weighted by Crippen LogP contribution is 2.20. The second-order valence-corrected chi connectivity index (χ2v) is 4.84. The molecule has 0 bridgehead atoms. The van der Waals surface area contributed by atoms with Crippen LogP contribution >= 0.6 is 0 Å². The number of urea groups is 1. The Morgan fingerprint density at radius 1 is 1.35 bits per heavy atom. The van der Waals surface area contributed by atoms with E-state index in [0.717, 1.165) is 17.7 Å². The summed E-state index contributed by atoms with van der Waals surface area (Å²) in [5.74, 6) is -0.766. The molecule has 1 aromatic rings. The summed E-state index contributed by atoms with van der Waals surface area (Å²) in [6.45, 7) is 0.371. The average molecular weight is 274 g/mol. The summed E-state index contributed by atoms with van der Waals surface area (Å²) in [5.41, 5.74) is 0.500. The van der Waals surface area contributed by atoms with Gasteiger partial charge in [-0.1, -0.05) is 0 Å². The third-order valence-corrected chi connectivity index (χ3v) is 3.26. The molecule has 0 unspecified atom stereocenters. The minimum absolute atomic E-state index is 0.145. The Balaban J connectivity index is 1.55. The van der Waals surface area contributed by atoms with Gasteiger partial charge in [0, 0.05) is 25.3 Å². The zero-order valence-corrected chi connectivity index (χ0v) is 10.8. The highest BCUT2D eigenvalue weighted by Gasteiger charge is 2.36. The van der Waals surface area contributed by atoms with Crippen LogP contribution in [0.2, 0.25) is 0 Å². The first kappa shape index (κ1) is 12.6. The minimum Gasteiger partial charge on any atom is -0.336 e. The van der Waals surface area contributed by atoms with E-state index in [4.69, 9.17) is 0 Å². The SMILES string of the molecule is O=C(NCCN1C(=O)c2cccnc2C1=O)NC1CC1. The van der Waals surface area contributed by atoms with E-state index >= 15 is 0 Å². The first-order valence-corrected chi connectivity index (χ1v) is 6.52. The maximum absolute atomic E-state index is 12.0. The molecule has 1 aliphatic heterocycles. The zero-order valence-electron chi connectivity index (χ0n) is 10.8. The monoisotopic (exact) mass is 274 g/mol. The van der Waals surface area contributed by atoms with Gasteiger partial charge in [0.25, 0.3) is 11.8 Å². The smallest absolute Gasteiger partial charge is 0.315 e. The van der Waals surface area contributed by atoms with Crippen molar-refractivity contribution in [2.75, 3.05) is 13.1 Å². The van der Waals surface area contributed by atoms with Crippen molar-refractivity contribution < 1.29 is 14.4 Å². The second-order valence-electron chi connectivity index (χ2n) is 4.84. The van der Waals surface area contributed by atoms with Crippen LogP contribution in [0.3, 0.4) is 0 Å². The molecule has 2 aliphatic rings. The fourth-order valence-electron chi connectivity index (χ4n) is 2.06. The molecule has 1 aliphatic carbocycles. The number of hydrogen-bond donors (Lipinski definition) is 2. The van der Waals surface area contributed by atoms with Gasteiger partial charge >= 0.3 is 6.03 Å². The molecule has 0 saturated heterocycles. The Labute approximate surface area is 115 Å². The van der Waals surface area contributed by atoms with Crippen molar-refractivity contribution in [3.63, 3.8) is 0 Å². The summed E-state index contributed by atoms with van der Waals surface area (Å²) in [6, 6.07) is 3.21. The summed E-state index contributed by atoms with van der Waals surface area (Å²) < 4.78 is 0. The van der Waals surface area contributed by atoms with Crippen molar-refractivity contribution in [2.24, 2.45) is 0 Å². The largest absolute Gasteiger partial charge is 0.336 e. The van der Waals surface area contributed by atoms with Gasteiger partial charge in [0.15, 0.2) is 0 Å². The number of amides is 4. The molecule has 1 fully saturated rings. The quantitative estimate of drug-likeness (QED) is 0.764. The second kappa shape index (κ2) is 4.92. The van der Waals surface area contributed by atoms with E-state index in [2.05, 4.69) is 15.6 Å². The fourth-order valence-corrected chi connectivity index (χ4v) is 2.06. The molecular weight excluding hydrogens is 260 g/mol. The van der Waals surface area contributed by atoms with E-state index in [9.17, 15) is 14.4 Å². The molecule has 0 atom stereocenters. The van der Waals surface area contributed by atoms with Gasteiger partial charge in [0.05, 0.1) is 5.56 Å². The molecule has 0 aromatic carbocycles. The third-order valence-electron chi connectivity index (χ3n) is 3.26. The Morgan fingerprint density at radius 2 is 2.15 bits per heavy atom. The zero-order chi connectivity index (χ0) is 14.1. The van der Waals surface area contributed by atoms with E-state index in [0.29, 0.717) is 5.56 Å². The van der Waals surface area contributed by atoms with E-state index in [1.807, 2.05) is 0 Å². The summed E-state index contributed by atoms with van der Waals surface area (Å²) in [7, 11) is 0. The lowest BCUT2D eigenvalue weighted by Gasteiger charge is -2.14. The highest BCUT2D eigenvalue weighted by molar-refractivity contribution is 6.20. The lowest BCUT2D eigenvalue weighted by Crippen LogP contribution is -2.42. The number of nitrogens with zero attached hydrogens (tertiary/aromatic N) is 2. The summed E-state index contributed by atoms with van der Waals surface area (Å²) in [5, 5.41) is 5.40. The van der Waals surface area contributed by atoms with Crippen LogP contribution < -0.4 is 10.6 Å². The van der Waals surface area contributed by atoms with Crippen molar-refractivity contribution in [2.45, 2.75) is 18.9 Å². The van der Waals surface area contributed by atoms with Gasteiger partial charge in [-0.15, -0.1) is 0 Å². The highest BCUT2D eigenvalue weighted by atomic mass is 16.2. The van der Waals surface area contributed by atoms with E-state index in [1.165, 1.54) is 6.20 Å². The minimum atomic E-state index is -0.407. The van der Waals surface area contributed by atoms with Gasteiger partial charge in [-0.2, -0.15) is 0 Å². The van der Waals surface area contributed by atoms with Crippen LogP contribution in [-0.4, -0.2) is 46.9 Å². The number of hydrogen-bond acceptors (Lipinski definition) is 4. The van der Waals surface area contributed by atoms with Gasteiger partial charge in [-0.3, -0.25) is 19.5 Å². The van der Waals surface area contributed by atoms with Gasteiger partial charge < -0.3 is 10.6 Å². The Kier molecular flexibility index (Phi) is 3.09. The Bertz CT molecular complexity index is 548. The van der Waals surface area contributed by atoms with Crippen molar-refractivity contribution in [3.8, 4) is 0 Å². The van der Waals surface area contributed by atoms with Crippen LogP contribution in [-0.2, 0) is 0 Å². The van der Waals surface area contributed by atoms with Gasteiger partial charge in [-0.25, -0.2) is 4.79 Å². The molecule has 0 spiro atoms. The molecule has 2 N–H and O–H groups in total. The molecule has 0 radical (unpaired) electrons. The lowest BCUT2D eigenvalue weighted by atomic mass is 10.2. The van der Waals surface area contributed by atoms with Crippen LogP contribution in [0.15, 0.2) is 18.3 Å². The average Bonchev–Trinajstić information content (AvgIpc) is 3.22. The molecule has 104 valence electrons. The van der Waals surface area contributed by atoms with E-state index in [1.54, 1.807) is 12.1 Å². The number of pyridine rings is 1. The number of aromatic nitrogens is 1. The molecular formula is C13H14N4O3. The lowest BCUT2D eigenvalue weighted by molar-refractivity contribution is 0.0654. The van der Waals surface area contributed by atoms with Gasteiger partial charge in [0.2, 0.25) is 0 Å². The van der Waals surface area contributed by atoms with Crippen LogP contribution in [0, 0.1) is 0 Å². The van der Waals surface area contributed by atoms with E-state index in [-0.39, 0.29) is 36.8 Å². The number of rotatable bonds is 4. The van der Waals surface area contributed by atoms with Crippen molar-refractivity contribution in [1.82, 2.24) is 20.5 Å². The van der Waals surface area contributed by atoms with E-state index < -0.39 is 5.91 Å². The molecule has 1 saturated carbocycles. The summed E-state index contributed by atoms with van der Waals surface area (Å²) in [4.78, 5) is 40.4. The van der Waals surface area contributed by atoms with Gasteiger partial charge in [-0.05, 0) is 25.0 Å². The number of imide groups is 1. The van der Waals surface area contributed by atoms with Crippen LogP contribution in [0.1, 0.15) is 33.7 Å². The van der Waals surface area contributed by atoms with Crippen molar-refractivity contribution in [3.05, 3.63) is 29.6 Å². The predicted octanol–water partition coefficient (Wildman–Crippen LogP) is 0.139. The summed E-state index contributed by atoms with van der Waals surface area (Å²) in [6.07, 6.45) is 3.50. The van der Waals surface area contributed by atoms with Gasteiger partial charge in [0.1, 0.15) is 5.69 Å². The van der Waals surface area contributed by atoms with Crippen molar-refractivity contribution in [1.29, 1.82) is 0 Å². The number of carbonyl (C=O) groups excluding carboxylic acids is 3. The molecule has 4 amide bonds. The maximum Gasteiger partial charge on any atom is 0.315 e. The predicted molar refractivity (Wildman–Crippen MR) is 69.2 cm³/mol. The standard InChI is InChI=1S/C13H14N4O3/c18-11-9-2-1-5-14-10(9)12(19)17(11)7-6-15-13(20)16-8-3-4-8/h1-2,5,8H,3-4,6-7H2,(H2,15,16,20). The number of carbonyl (C=O) groups is 3.